The molecule has 2 nitrogen and oxygen atoms in total. The molecule has 0 amide bonds. The van der Waals surface area contributed by atoms with Crippen molar-refractivity contribution >= 4 is 5.78 Å². The maximum atomic E-state index is 10.3. The molecule has 0 spiro atoms. The van der Waals surface area contributed by atoms with Gasteiger partial charge in [-0.3, -0.25) is 4.79 Å². The molecule has 0 aliphatic rings. The Labute approximate surface area is 43.9 Å². The van der Waals surface area contributed by atoms with Crippen molar-refractivity contribution in [3.05, 3.63) is 6.04 Å². The summed E-state index contributed by atoms with van der Waals surface area (Å²) >= 11 is 0. The second-order valence-corrected chi connectivity index (χ2v) is 1.43. The number of carbonyl (C=O) groups excluding carboxylic acids is 1. The highest BCUT2D eigenvalue weighted by atomic mass is 16.1. The summed E-state index contributed by atoms with van der Waals surface area (Å²) in [6.45, 7) is 3.29. The van der Waals surface area contributed by atoms with Gasteiger partial charge in [0.25, 0.3) is 0 Å². The van der Waals surface area contributed by atoms with Crippen LogP contribution >= 0.6 is 0 Å². The summed E-state index contributed by atoms with van der Waals surface area (Å²) < 4.78 is 0. The monoisotopic (exact) mass is 100 g/mol. The molecule has 0 aromatic carbocycles. The van der Waals surface area contributed by atoms with Gasteiger partial charge in [0.05, 0.1) is 6.04 Å². The van der Waals surface area contributed by atoms with Crippen molar-refractivity contribution in [2.24, 2.45) is 0 Å². The van der Waals surface area contributed by atoms with Gasteiger partial charge in [-0.05, 0) is 20.9 Å². The molecule has 0 saturated heterocycles. The topological polar surface area (TPSA) is 29.1 Å². The van der Waals surface area contributed by atoms with Crippen LogP contribution in [0, 0.1) is 6.04 Å². The smallest absolute Gasteiger partial charge is 0.151 e. The van der Waals surface area contributed by atoms with Gasteiger partial charge < -0.3 is 5.32 Å². The molecule has 0 aliphatic carbocycles. The Kier molecular flexibility index (Phi) is 2.60. The predicted molar refractivity (Wildman–Crippen MR) is 28.7 cm³/mol. The van der Waals surface area contributed by atoms with E-state index >= 15 is 0 Å². The first-order chi connectivity index (χ1) is 3.18. The van der Waals surface area contributed by atoms with Crippen LogP contribution in [0.25, 0.3) is 0 Å². The maximum absolute atomic E-state index is 10.3. The van der Waals surface area contributed by atoms with Gasteiger partial charge in [0.2, 0.25) is 0 Å². The molecular formula is C5H10NO. The number of rotatable bonds is 2. The van der Waals surface area contributed by atoms with Gasteiger partial charge >= 0.3 is 0 Å². The van der Waals surface area contributed by atoms with Crippen molar-refractivity contribution in [1.29, 1.82) is 0 Å². The van der Waals surface area contributed by atoms with E-state index in [1.54, 1.807) is 14.0 Å². The Morgan fingerprint density at radius 3 is 1.86 bits per heavy atom. The highest BCUT2D eigenvalue weighted by Gasteiger charge is 2.01. The fourth-order valence-electron chi connectivity index (χ4n) is 0.176. The van der Waals surface area contributed by atoms with Crippen molar-refractivity contribution in [1.82, 2.24) is 5.32 Å². The van der Waals surface area contributed by atoms with Crippen LogP contribution in [0.2, 0.25) is 0 Å². The molecule has 1 N–H and O–H groups in total. The molecule has 0 aromatic heterocycles. The lowest BCUT2D eigenvalue weighted by atomic mass is 10.2. The van der Waals surface area contributed by atoms with E-state index in [1.165, 1.54) is 6.92 Å². The average molecular weight is 100 g/mol. The minimum Gasteiger partial charge on any atom is -0.306 e. The van der Waals surface area contributed by atoms with Crippen LogP contribution in [-0.4, -0.2) is 12.8 Å². The van der Waals surface area contributed by atoms with E-state index in [0.29, 0.717) is 6.04 Å². The van der Waals surface area contributed by atoms with Gasteiger partial charge in [-0.25, -0.2) is 0 Å². The summed E-state index contributed by atoms with van der Waals surface area (Å²) in [5, 5.41) is 2.73. The first kappa shape index (κ1) is 6.63. The van der Waals surface area contributed by atoms with Gasteiger partial charge in [-0.2, -0.15) is 0 Å². The van der Waals surface area contributed by atoms with Crippen LogP contribution in [-0.2, 0) is 4.79 Å². The fourth-order valence-corrected chi connectivity index (χ4v) is 0.176. The lowest BCUT2D eigenvalue weighted by Crippen LogP contribution is -2.19. The maximum Gasteiger partial charge on any atom is 0.151 e. The molecule has 0 heterocycles. The third-order valence-electron chi connectivity index (χ3n) is 0.903. The third-order valence-corrected chi connectivity index (χ3v) is 0.903. The Hall–Kier alpha value is -0.370. The SMILES string of the molecule is CN[C](C)C(C)=O. The van der Waals surface area contributed by atoms with Crippen LogP contribution < -0.4 is 5.32 Å². The molecule has 0 fully saturated rings. The molecule has 7 heavy (non-hydrogen) atoms. The van der Waals surface area contributed by atoms with Gasteiger partial charge in [-0.15, -0.1) is 0 Å². The lowest BCUT2D eigenvalue weighted by Gasteiger charge is -1.99. The number of carbonyl (C=O) groups is 1. The number of ketones is 1. The Bertz CT molecular complexity index is 70.5. The summed E-state index contributed by atoms with van der Waals surface area (Å²) in [6, 6.07) is 0.708. The molecule has 0 bridgehead atoms. The molecule has 0 unspecified atom stereocenters. The normalized spacial score (nSPS) is 9.71. The largest absolute Gasteiger partial charge is 0.306 e. The molecule has 0 aliphatic heterocycles. The summed E-state index contributed by atoms with van der Waals surface area (Å²) in [4.78, 5) is 10.3. The predicted octanol–water partition coefficient (Wildman–Crippen LogP) is 0.347. The minimum atomic E-state index is 0.0995. The standard InChI is InChI=1S/C5H10NO/c1-4(6-3)5(2)7/h6H,1-3H3. The summed E-state index contributed by atoms with van der Waals surface area (Å²) in [5.41, 5.74) is 0. The quantitative estimate of drug-likeness (QED) is 0.542. The zero-order chi connectivity index (χ0) is 5.86. The zero-order valence-corrected chi connectivity index (χ0v) is 4.91. The first-order valence-electron chi connectivity index (χ1n) is 2.20. The second kappa shape index (κ2) is 2.75. The van der Waals surface area contributed by atoms with E-state index in [0.717, 1.165) is 0 Å². The Balaban J connectivity index is 3.34. The Morgan fingerprint density at radius 1 is 1.43 bits per heavy atom. The van der Waals surface area contributed by atoms with Crippen LogP contribution in [0.15, 0.2) is 0 Å². The summed E-state index contributed by atoms with van der Waals surface area (Å²) in [6.07, 6.45) is 0. The third kappa shape index (κ3) is 2.34. The molecular weight excluding hydrogens is 90.1 g/mol. The number of hydrogen-bond acceptors (Lipinski definition) is 2. The Morgan fingerprint density at radius 2 is 1.86 bits per heavy atom. The highest BCUT2D eigenvalue weighted by molar-refractivity contribution is 5.88. The molecule has 2 heteroatoms. The van der Waals surface area contributed by atoms with Crippen molar-refractivity contribution in [3.8, 4) is 0 Å². The van der Waals surface area contributed by atoms with Gasteiger partial charge in [-0.1, -0.05) is 0 Å². The van der Waals surface area contributed by atoms with Crippen molar-refractivity contribution in [2.45, 2.75) is 13.8 Å². The van der Waals surface area contributed by atoms with Gasteiger partial charge in [0, 0.05) is 0 Å². The van der Waals surface area contributed by atoms with Crippen molar-refractivity contribution < 1.29 is 4.79 Å². The van der Waals surface area contributed by atoms with Crippen LogP contribution in [0.3, 0.4) is 0 Å². The van der Waals surface area contributed by atoms with Crippen LogP contribution in [0.5, 0.6) is 0 Å². The minimum absolute atomic E-state index is 0.0995. The molecule has 1 radical (unpaired) electrons. The number of Topliss-reactive ketones (excluding diaryl/α,β-unsaturated/α-hetero) is 1. The van der Waals surface area contributed by atoms with E-state index in [9.17, 15) is 4.79 Å². The lowest BCUT2D eigenvalue weighted by molar-refractivity contribution is -0.115. The number of likely N-dealkylation sites (N-methyl/N-ethyl adjacent to an activating group) is 1. The second-order valence-electron chi connectivity index (χ2n) is 1.43. The fraction of sp³-hybridized carbons (Fsp3) is 0.600. The number of hydrogen-bond donors (Lipinski definition) is 1. The van der Waals surface area contributed by atoms with E-state index in [1.807, 2.05) is 0 Å². The first-order valence-corrected chi connectivity index (χ1v) is 2.20. The molecule has 41 valence electrons. The van der Waals surface area contributed by atoms with Crippen LogP contribution in [0.4, 0.5) is 0 Å². The van der Waals surface area contributed by atoms with E-state index < -0.39 is 0 Å². The van der Waals surface area contributed by atoms with E-state index in [4.69, 9.17) is 0 Å². The average Bonchev–Trinajstić information content (AvgIpc) is 1.65. The highest BCUT2D eigenvalue weighted by Crippen LogP contribution is 1.88. The summed E-state index contributed by atoms with van der Waals surface area (Å²) in [7, 11) is 1.73. The molecule has 0 aromatic rings. The van der Waals surface area contributed by atoms with E-state index in [-0.39, 0.29) is 5.78 Å². The summed E-state index contributed by atoms with van der Waals surface area (Å²) in [5.74, 6) is 0.0995. The molecule has 0 rings (SSSR count). The molecule has 0 atom stereocenters. The van der Waals surface area contributed by atoms with Crippen LogP contribution in [0.1, 0.15) is 13.8 Å². The number of nitrogens with one attached hydrogen (secondary N) is 1. The van der Waals surface area contributed by atoms with Crippen molar-refractivity contribution in [3.63, 3.8) is 0 Å². The van der Waals surface area contributed by atoms with E-state index in [2.05, 4.69) is 5.32 Å². The zero-order valence-electron chi connectivity index (χ0n) is 4.91. The molecule has 0 saturated carbocycles. The van der Waals surface area contributed by atoms with Gasteiger partial charge in [0.15, 0.2) is 5.78 Å². The van der Waals surface area contributed by atoms with Gasteiger partial charge in [0.1, 0.15) is 0 Å². The van der Waals surface area contributed by atoms with Crippen molar-refractivity contribution in [2.75, 3.05) is 7.05 Å².